The molecule has 0 radical (unpaired) electrons. The first-order valence-electron chi connectivity index (χ1n) is 7.83. The Bertz CT molecular complexity index is 440. The molecule has 1 N–H and O–H groups in total. The standard InChI is InChI=1S/C17H26N2O/c1-14-11-15(2)13-16(12-14)17(3-9-20-10-4-17)19-7-5-18-6-8-19/h11-13,18H,3-10H2,1-2H3. The minimum atomic E-state index is 0.192. The highest BCUT2D eigenvalue weighted by atomic mass is 16.5. The van der Waals surface area contributed by atoms with E-state index in [1.807, 2.05) is 0 Å². The van der Waals surface area contributed by atoms with Gasteiger partial charge < -0.3 is 10.1 Å². The Balaban J connectivity index is 1.99. The molecule has 0 saturated carbocycles. The van der Waals surface area contributed by atoms with E-state index >= 15 is 0 Å². The van der Waals surface area contributed by atoms with E-state index in [1.54, 1.807) is 0 Å². The Hall–Kier alpha value is -0.900. The zero-order chi connectivity index (χ0) is 14.0. The van der Waals surface area contributed by atoms with Gasteiger partial charge in [0.2, 0.25) is 0 Å². The summed E-state index contributed by atoms with van der Waals surface area (Å²) >= 11 is 0. The van der Waals surface area contributed by atoms with Crippen LogP contribution in [0.15, 0.2) is 18.2 Å². The van der Waals surface area contributed by atoms with E-state index in [-0.39, 0.29) is 5.54 Å². The zero-order valence-electron chi connectivity index (χ0n) is 12.7. The van der Waals surface area contributed by atoms with Crippen LogP contribution in [0.3, 0.4) is 0 Å². The van der Waals surface area contributed by atoms with Gasteiger partial charge in [0.15, 0.2) is 0 Å². The highest BCUT2D eigenvalue weighted by Gasteiger charge is 2.40. The van der Waals surface area contributed by atoms with Gasteiger partial charge in [-0.25, -0.2) is 0 Å². The van der Waals surface area contributed by atoms with E-state index in [1.165, 1.54) is 16.7 Å². The lowest BCUT2D eigenvalue weighted by Crippen LogP contribution is -2.56. The highest BCUT2D eigenvalue weighted by molar-refractivity contribution is 5.34. The minimum absolute atomic E-state index is 0.192. The van der Waals surface area contributed by atoms with Gasteiger partial charge in [0.25, 0.3) is 0 Å². The number of piperazine rings is 1. The van der Waals surface area contributed by atoms with Gasteiger partial charge in [0.05, 0.1) is 5.54 Å². The van der Waals surface area contributed by atoms with Gasteiger partial charge in [-0.2, -0.15) is 0 Å². The first-order valence-corrected chi connectivity index (χ1v) is 7.83. The summed E-state index contributed by atoms with van der Waals surface area (Å²) < 4.78 is 5.66. The third kappa shape index (κ3) is 2.62. The largest absolute Gasteiger partial charge is 0.381 e. The second-order valence-electron chi connectivity index (χ2n) is 6.26. The molecule has 2 saturated heterocycles. The van der Waals surface area contributed by atoms with Crippen molar-refractivity contribution in [1.29, 1.82) is 0 Å². The summed E-state index contributed by atoms with van der Waals surface area (Å²) in [6.07, 6.45) is 2.24. The number of rotatable bonds is 2. The summed E-state index contributed by atoms with van der Waals surface area (Å²) in [7, 11) is 0. The van der Waals surface area contributed by atoms with Crippen LogP contribution < -0.4 is 5.32 Å². The normalized spacial score (nSPS) is 23.7. The second kappa shape index (κ2) is 5.84. The van der Waals surface area contributed by atoms with Gasteiger partial charge in [-0.05, 0) is 32.3 Å². The monoisotopic (exact) mass is 274 g/mol. The van der Waals surface area contributed by atoms with Crippen LogP contribution in [-0.2, 0) is 10.3 Å². The molecule has 3 heteroatoms. The molecule has 20 heavy (non-hydrogen) atoms. The molecule has 3 rings (SSSR count). The van der Waals surface area contributed by atoms with Crippen LogP contribution in [0.4, 0.5) is 0 Å². The molecule has 0 atom stereocenters. The quantitative estimate of drug-likeness (QED) is 0.895. The molecule has 2 fully saturated rings. The molecule has 0 unspecified atom stereocenters. The van der Waals surface area contributed by atoms with Crippen molar-refractivity contribution in [2.45, 2.75) is 32.2 Å². The van der Waals surface area contributed by atoms with E-state index in [2.05, 4.69) is 42.3 Å². The van der Waals surface area contributed by atoms with Crippen molar-refractivity contribution in [2.24, 2.45) is 0 Å². The number of benzene rings is 1. The molecule has 2 aliphatic heterocycles. The molecule has 0 spiro atoms. The van der Waals surface area contributed by atoms with E-state index < -0.39 is 0 Å². The van der Waals surface area contributed by atoms with Gasteiger partial charge in [-0.3, -0.25) is 4.90 Å². The number of ether oxygens (including phenoxy) is 1. The molecule has 1 aromatic carbocycles. The van der Waals surface area contributed by atoms with Crippen LogP contribution >= 0.6 is 0 Å². The van der Waals surface area contributed by atoms with Crippen LogP contribution in [0.1, 0.15) is 29.5 Å². The Morgan fingerprint density at radius 2 is 1.60 bits per heavy atom. The van der Waals surface area contributed by atoms with Gasteiger partial charge in [-0.15, -0.1) is 0 Å². The number of nitrogens with zero attached hydrogens (tertiary/aromatic N) is 1. The van der Waals surface area contributed by atoms with E-state index in [4.69, 9.17) is 4.74 Å². The predicted octanol–water partition coefficient (Wildman–Crippen LogP) is 2.21. The SMILES string of the molecule is Cc1cc(C)cc(C2(N3CCNCC3)CCOCC2)c1. The van der Waals surface area contributed by atoms with Crippen LogP contribution in [0.5, 0.6) is 0 Å². The summed E-state index contributed by atoms with van der Waals surface area (Å²) in [5, 5.41) is 3.47. The van der Waals surface area contributed by atoms with Gasteiger partial charge in [0, 0.05) is 39.4 Å². The zero-order valence-corrected chi connectivity index (χ0v) is 12.7. The molecule has 2 aliphatic rings. The first-order chi connectivity index (χ1) is 9.71. The molecule has 0 aliphatic carbocycles. The maximum Gasteiger partial charge on any atom is 0.0505 e. The number of hydrogen-bond acceptors (Lipinski definition) is 3. The molecule has 110 valence electrons. The third-order valence-electron chi connectivity index (χ3n) is 4.80. The van der Waals surface area contributed by atoms with E-state index in [0.717, 1.165) is 52.2 Å². The molecular formula is C17H26N2O. The molecular weight excluding hydrogens is 248 g/mol. The highest BCUT2D eigenvalue weighted by Crippen LogP contribution is 2.39. The summed E-state index contributed by atoms with van der Waals surface area (Å²) in [4.78, 5) is 2.69. The van der Waals surface area contributed by atoms with E-state index in [9.17, 15) is 0 Å². The van der Waals surface area contributed by atoms with Crippen molar-refractivity contribution < 1.29 is 4.74 Å². The molecule has 0 bridgehead atoms. The van der Waals surface area contributed by atoms with Crippen LogP contribution in [-0.4, -0.2) is 44.3 Å². The second-order valence-corrected chi connectivity index (χ2v) is 6.26. The van der Waals surface area contributed by atoms with Crippen LogP contribution in [0.25, 0.3) is 0 Å². The summed E-state index contributed by atoms with van der Waals surface area (Å²) in [5.41, 5.74) is 4.44. The summed E-state index contributed by atoms with van der Waals surface area (Å²) in [5.74, 6) is 0. The fourth-order valence-corrected chi connectivity index (χ4v) is 3.83. The molecule has 0 aromatic heterocycles. The lowest BCUT2D eigenvalue weighted by molar-refractivity contribution is -0.0373. The van der Waals surface area contributed by atoms with Crippen molar-refractivity contribution >= 4 is 0 Å². The Kier molecular flexibility index (Phi) is 4.11. The van der Waals surface area contributed by atoms with Gasteiger partial charge in [-0.1, -0.05) is 29.3 Å². The average molecular weight is 274 g/mol. The maximum atomic E-state index is 5.66. The molecule has 0 amide bonds. The van der Waals surface area contributed by atoms with E-state index in [0.29, 0.717) is 0 Å². The molecule has 3 nitrogen and oxygen atoms in total. The van der Waals surface area contributed by atoms with Crippen molar-refractivity contribution in [1.82, 2.24) is 10.2 Å². The van der Waals surface area contributed by atoms with Crippen molar-refractivity contribution in [3.63, 3.8) is 0 Å². The van der Waals surface area contributed by atoms with Crippen molar-refractivity contribution in [3.05, 3.63) is 34.9 Å². The number of nitrogens with one attached hydrogen (secondary N) is 1. The fourth-order valence-electron chi connectivity index (χ4n) is 3.83. The maximum absolute atomic E-state index is 5.66. The lowest BCUT2D eigenvalue weighted by Gasteiger charge is -2.48. The number of hydrogen-bond donors (Lipinski definition) is 1. The van der Waals surface area contributed by atoms with Gasteiger partial charge in [0.1, 0.15) is 0 Å². The average Bonchev–Trinajstić information content (AvgIpc) is 2.48. The Morgan fingerprint density at radius 1 is 1.00 bits per heavy atom. The topological polar surface area (TPSA) is 24.5 Å². The fraction of sp³-hybridized carbons (Fsp3) is 0.647. The lowest BCUT2D eigenvalue weighted by atomic mass is 9.79. The summed E-state index contributed by atoms with van der Waals surface area (Å²) in [6.45, 7) is 10.7. The molecule has 1 aromatic rings. The smallest absolute Gasteiger partial charge is 0.0505 e. The molecule has 2 heterocycles. The summed E-state index contributed by atoms with van der Waals surface area (Å²) in [6, 6.07) is 7.05. The first kappa shape index (κ1) is 14.1. The van der Waals surface area contributed by atoms with Crippen molar-refractivity contribution in [2.75, 3.05) is 39.4 Å². The van der Waals surface area contributed by atoms with Gasteiger partial charge >= 0.3 is 0 Å². The van der Waals surface area contributed by atoms with Crippen molar-refractivity contribution in [3.8, 4) is 0 Å². The minimum Gasteiger partial charge on any atom is -0.381 e. The number of aryl methyl sites for hydroxylation is 2. The Morgan fingerprint density at radius 3 is 2.20 bits per heavy atom. The predicted molar refractivity (Wildman–Crippen MR) is 82.1 cm³/mol. The Labute approximate surface area is 122 Å². The van der Waals surface area contributed by atoms with Crippen LogP contribution in [0.2, 0.25) is 0 Å². The van der Waals surface area contributed by atoms with Crippen LogP contribution in [0, 0.1) is 13.8 Å². The third-order valence-corrected chi connectivity index (χ3v) is 4.80.